The molecule has 0 bridgehead atoms. The van der Waals surface area contributed by atoms with Crippen LogP contribution in [0.5, 0.6) is 0 Å². The molecule has 0 atom stereocenters. The van der Waals surface area contributed by atoms with Crippen molar-refractivity contribution < 1.29 is 4.79 Å². The van der Waals surface area contributed by atoms with Crippen LogP contribution in [0.15, 0.2) is 35.6 Å². The van der Waals surface area contributed by atoms with Gasteiger partial charge in [-0.15, -0.1) is 0 Å². The van der Waals surface area contributed by atoms with Crippen molar-refractivity contribution in [2.75, 3.05) is 29.1 Å². The van der Waals surface area contributed by atoms with E-state index in [1.165, 1.54) is 23.7 Å². The summed E-state index contributed by atoms with van der Waals surface area (Å²) in [5.74, 6) is 0.714. The molecule has 2 heterocycles. The van der Waals surface area contributed by atoms with Crippen molar-refractivity contribution in [3.8, 4) is 0 Å². The standard InChI is InChI=1S/C22H29N5OS2/c1-5-11-27(12-6-2)22-26-20-19(30-22)21(24-14-23-20)29-13-18(28)25-17-9-7-16(8-10-17)15(3)4/h7-10,14-15H,5-6,11-13H2,1-4H3,(H,25,28). The lowest BCUT2D eigenvalue weighted by molar-refractivity contribution is -0.113. The third kappa shape index (κ3) is 5.70. The second kappa shape index (κ2) is 10.7. The lowest BCUT2D eigenvalue weighted by Gasteiger charge is -2.19. The highest BCUT2D eigenvalue weighted by Gasteiger charge is 2.16. The third-order valence-corrected chi connectivity index (χ3v) is 6.84. The molecular formula is C22H29N5OS2. The molecule has 0 fully saturated rings. The molecule has 2 aromatic heterocycles. The lowest BCUT2D eigenvalue weighted by Crippen LogP contribution is -2.24. The minimum Gasteiger partial charge on any atom is -0.348 e. The second-order valence-corrected chi connectivity index (χ2v) is 9.37. The van der Waals surface area contributed by atoms with Gasteiger partial charge in [0.25, 0.3) is 0 Å². The molecule has 160 valence electrons. The van der Waals surface area contributed by atoms with Gasteiger partial charge in [0.2, 0.25) is 5.91 Å². The molecule has 1 aromatic carbocycles. The number of hydrogen-bond acceptors (Lipinski definition) is 7. The first-order chi connectivity index (χ1) is 14.5. The first-order valence-corrected chi connectivity index (χ1v) is 12.2. The molecule has 0 spiro atoms. The number of amides is 1. The number of benzene rings is 1. The van der Waals surface area contributed by atoms with Crippen LogP contribution >= 0.6 is 23.1 Å². The molecule has 6 nitrogen and oxygen atoms in total. The van der Waals surface area contributed by atoms with E-state index in [0.29, 0.717) is 17.3 Å². The molecule has 0 aliphatic heterocycles. The predicted octanol–water partition coefficient (Wildman–Crippen LogP) is 5.57. The number of carbonyl (C=O) groups excluding carboxylic acids is 1. The van der Waals surface area contributed by atoms with E-state index >= 15 is 0 Å². The monoisotopic (exact) mass is 443 g/mol. The number of carbonyl (C=O) groups is 1. The van der Waals surface area contributed by atoms with Gasteiger partial charge in [-0.25, -0.2) is 9.97 Å². The summed E-state index contributed by atoms with van der Waals surface area (Å²) in [5.41, 5.74) is 2.77. The molecule has 0 saturated heterocycles. The zero-order chi connectivity index (χ0) is 21.5. The molecule has 3 rings (SSSR count). The van der Waals surface area contributed by atoms with Crippen molar-refractivity contribution in [1.29, 1.82) is 0 Å². The van der Waals surface area contributed by atoms with Crippen molar-refractivity contribution in [3.05, 3.63) is 36.2 Å². The van der Waals surface area contributed by atoms with Crippen LogP contribution in [0.25, 0.3) is 10.3 Å². The van der Waals surface area contributed by atoms with E-state index in [1.807, 2.05) is 12.1 Å². The highest BCUT2D eigenvalue weighted by atomic mass is 32.2. The van der Waals surface area contributed by atoms with Crippen LogP contribution in [0.2, 0.25) is 0 Å². The molecule has 1 N–H and O–H groups in total. The van der Waals surface area contributed by atoms with Crippen LogP contribution in [0.3, 0.4) is 0 Å². The topological polar surface area (TPSA) is 71.0 Å². The second-order valence-electron chi connectivity index (χ2n) is 7.43. The van der Waals surface area contributed by atoms with Gasteiger partial charge in [-0.2, -0.15) is 4.98 Å². The zero-order valence-electron chi connectivity index (χ0n) is 18.0. The number of thiazole rings is 1. The highest BCUT2D eigenvalue weighted by Crippen LogP contribution is 2.34. The van der Waals surface area contributed by atoms with Crippen molar-refractivity contribution in [2.24, 2.45) is 0 Å². The highest BCUT2D eigenvalue weighted by molar-refractivity contribution is 8.00. The van der Waals surface area contributed by atoms with Gasteiger partial charge < -0.3 is 10.2 Å². The van der Waals surface area contributed by atoms with E-state index in [2.05, 4.69) is 60.0 Å². The number of aromatic nitrogens is 3. The Bertz CT molecular complexity index is 965. The smallest absolute Gasteiger partial charge is 0.234 e. The van der Waals surface area contributed by atoms with Crippen molar-refractivity contribution >= 4 is 50.2 Å². The Morgan fingerprint density at radius 3 is 2.47 bits per heavy atom. The lowest BCUT2D eigenvalue weighted by atomic mass is 10.0. The van der Waals surface area contributed by atoms with E-state index in [1.54, 1.807) is 11.3 Å². The molecule has 1 amide bonds. The van der Waals surface area contributed by atoms with Crippen LogP contribution < -0.4 is 10.2 Å². The Labute approximate surface area is 186 Å². The third-order valence-electron chi connectivity index (χ3n) is 4.61. The van der Waals surface area contributed by atoms with Gasteiger partial charge in [0, 0.05) is 18.8 Å². The number of nitrogens with zero attached hydrogens (tertiary/aromatic N) is 4. The molecule has 3 aromatic rings. The van der Waals surface area contributed by atoms with E-state index < -0.39 is 0 Å². The van der Waals surface area contributed by atoms with Gasteiger partial charge in [0.05, 0.1) is 5.75 Å². The predicted molar refractivity (Wildman–Crippen MR) is 128 cm³/mol. The molecule has 0 aliphatic carbocycles. The van der Waals surface area contributed by atoms with Crippen LogP contribution in [-0.2, 0) is 4.79 Å². The fraction of sp³-hybridized carbons (Fsp3) is 0.455. The van der Waals surface area contributed by atoms with Crippen LogP contribution in [0, 0.1) is 0 Å². The number of nitrogens with one attached hydrogen (secondary N) is 1. The Balaban J connectivity index is 1.67. The van der Waals surface area contributed by atoms with Crippen molar-refractivity contribution in [1.82, 2.24) is 15.0 Å². The first kappa shape index (κ1) is 22.5. The molecule has 0 radical (unpaired) electrons. The molecular weight excluding hydrogens is 414 g/mol. The number of thioether (sulfide) groups is 1. The van der Waals surface area contributed by atoms with Crippen LogP contribution in [0.4, 0.5) is 10.8 Å². The fourth-order valence-corrected chi connectivity index (χ4v) is 5.03. The summed E-state index contributed by atoms with van der Waals surface area (Å²) in [5, 5.41) is 4.74. The van der Waals surface area contributed by atoms with Gasteiger partial charge in [0.15, 0.2) is 10.8 Å². The number of fused-ring (bicyclic) bond motifs is 1. The Kier molecular flexibility index (Phi) is 8.04. The summed E-state index contributed by atoms with van der Waals surface area (Å²) < 4.78 is 0.948. The SMILES string of the molecule is CCCN(CCC)c1nc2ncnc(SCC(=O)Nc3ccc(C(C)C)cc3)c2s1. The summed E-state index contributed by atoms with van der Waals surface area (Å²) in [7, 11) is 0. The minimum absolute atomic E-state index is 0.0487. The maximum absolute atomic E-state index is 12.4. The summed E-state index contributed by atoms with van der Waals surface area (Å²) in [6, 6.07) is 8.01. The van der Waals surface area contributed by atoms with E-state index in [-0.39, 0.29) is 5.91 Å². The Morgan fingerprint density at radius 1 is 1.13 bits per heavy atom. The van der Waals surface area contributed by atoms with Gasteiger partial charge in [0.1, 0.15) is 16.1 Å². The normalized spacial score (nSPS) is 11.2. The maximum atomic E-state index is 12.4. The average Bonchev–Trinajstić information content (AvgIpc) is 3.17. The van der Waals surface area contributed by atoms with Gasteiger partial charge in [-0.1, -0.05) is 62.9 Å². The van der Waals surface area contributed by atoms with Crippen LogP contribution in [0.1, 0.15) is 52.0 Å². The fourth-order valence-electron chi connectivity index (χ4n) is 3.09. The zero-order valence-corrected chi connectivity index (χ0v) is 19.6. The summed E-state index contributed by atoms with van der Waals surface area (Å²) in [4.78, 5) is 28.2. The quantitative estimate of drug-likeness (QED) is 0.326. The van der Waals surface area contributed by atoms with E-state index in [9.17, 15) is 4.79 Å². The summed E-state index contributed by atoms with van der Waals surface area (Å²) >= 11 is 3.03. The molecule has 8 heteroatoms. The minimum atomic E-state index is -0.0487. The number of hydrogen-bond donors (Lipinski definition) is 1. The largest absolute Gasteiger partial charge is 0.348 e. The Morgan fingerprint density at radius 2 is 1.83 bits per heavy atom. The van der Waals surface area contributed by atoms with Crippen molar-refractivity contribution in [2.45, 2.75) is 51.5 Å². The van der Waals surface area contributed by atoms with Gasteiger partial charge in [-0.3, -0.25) is 4.79 Å². The maximum Gasteiger partial charge on any atom is 0.234 e. The first-order valence-electron chi connectivity index (χ1n) is 10.4. The van der Waals surface area contributed by atoms with E-state index in [0.717, 1.165) is 46.5 Å². The van der Waals surface area contributed by atoms with Crippen molar-refractivity contribution in [3.63, 3.8) is 0 Å². The van der Waals surface area contributed by atoms with E-state index in [4.69, 9.17) is 4.98 Å². The Hall–Kier alpha value is -2.19. The van der Waals surface area contributed by atoms with Crippen LogP contribution in [-0.4, -0.2) is 39.7 Å². The molecule has 0 saturated carbocycles. The average molecular weight is 444 g/mol. The molecule has 0 aliphatic rings. The summed E-state index contributed by atoms with van der Waals surface area (Å²) in [6.07, 6.45) is 3.67. The number of anilines is 2. The van der Waals surface area contributed by atoms with Gasteiger partial charge in [-0.05, 0) is 36.5 Å². The summed E-state index contributed by atoms with van der Waals surface area (Å²) in [6.45, 7) is 10.6. The number of rotatable bonds is 10. The van der Waals surface area contributed by atoms with Gasteiger partial charge >= 0.3 is 0 Å². The molecule has 0 unspecified atom stereocenters. The molecule has 30 heavy (non-hydrogen) atoms.